The standard InChI is InChI=1S/C22H22F6N2O/c1-20(2,10-13-4-3-5-15(6-13)21(23,24)25)16-8-18(9-16)30-19(31)14-7-17(12-29-11-14)22(26,27)28/h3-7,11-12,16,18H,8-10H2,1-2H3,(H,30,31). The van der Waals surface area contributed by atoms with Crippen molar-refractivity contribution in [3.63, 3.8) is 0 Å². The van der Waals surface area contributed by atoms with Crippen LogP contribution in [0.2, 0.25) is 0 Å². The van der Waals surface area contributed by atoms with E-state index in [0.717, 1.165) is 24.4 Å². The topological polar surface area (TPSA) is 42.0 Å². The van der Waals surface area contributed by atoms with Crippen LogP contribution >= 0.6 is 0 Å². The lowest BCUT2D eigenvalue weighted by molar-refractivity contribution is -0.138. The summed E-state index contributed by atoms with van der Waals surface area (Å²) in [5, 5.41) is 2.71. The first-order chi connectivity index (χ1) is 14.3. The van der Waals surface area contributed by atoms with E-state index in [0.29, 0.717) is 31.0 Å². The number of pyridine rings is 1. The van der Waals surface area contributed by atoms with E-state index in [2.05, 4.69) is 10.3 Å². The van der Waals surface area contributed by atoms with Crippen LogP contribution in [0.4, 0.5) is 26.3 Å². The normalized spacial score (nSPS) is 19.6. The van der Waals surface area contributed by atoms with Crippen molar-refractivity contribution in [3.8, 4) is 0 Å². The van der Waals surface area contributed by atoms with Crippen molar-refractivity contribution in [1.82, 2.24) is 10.3 Å². The zero-order chi connectivity index (χ0) is 23.0. The van der Waals surface area contributed by atoms with Gasteiger partial charge in [-0.05, 0) is 48.3 Å². The zero-order valence-electron chi connectivity index (χ0n) is 16.9. The highest BCUT2D eigenvalue weighted by Crippen LogP contribution is 2.44. The van der Waals surface area contributed by atoms with Gasteiger partial charge in [0.2, 0.25) is 0 Å². The van der Waals surface area contributed by atoms with Gasteiger partial charge in [-0.1, -0.05) is 32.0 Å². The van der Waals surface area contributed by atoms with Crippen molar-refractivity contribution in [2.24, 2.45) is 11.3 Å². The fourth-order valence-corrected chi connectivity index (χ4v) is 3.89. The second-order valence-corrected chi connectivity index (χ2v) is 8.66. The number of nitrogens with one attached hydrogen (secondary N) is 1. The third kappa shape index (κ3) is 5.57. The number of amides is 1. The Hall–Kier alpha value is -2.58. The highest BCUT2D eigenvalue weighted by atomic mass is 19.4. The molecule has 3 nitrogen and oxygen atoms in total. The minimum Gasteiger partial charge on any atom is -0.349 e. The molecule has 0 radical (unpaired) electrons. The second kappa shape index (κ2) is 8.16. The molecule has 0 saturated heterocycles. The molecule has 31 heavy (non-hydrogen) atoms. The molecule has 1 aromatic heterocycles. The smallest absolute Gasteiger partial charge is 0.349 e. The van der Waals surface area contributed by atoms with E-state index in [4.69, 9.17) is 0 Å². The Morgan fingerprint density at radius 3 is 2.26 bits per heavy atom. The molecule has 0 bridgehead atoms. The SMILES string of the molecule is CC(C)(Cc1cccc(C(F)(F)F)c1)C1CC(NC(=O)c2cncc(C(F)(F)F)c2)C1. The number of hydrogen-bond donors (Lipinski definition) is 1. The molecule has 1 N–H and O–H groups in total. The van der Waals surface area contributed by atoms with Crippen LogP contribution in [-0.4, -0.2) is 16.9 Å². The number of nitrogens with zero attached hydrogens (tertiary/aromatic N) is 1. The Kier molecular flexibility index (Phi) is 6.08. The van der Waals surface area contributed by atoms with Crippen molar-refractivity contribution < 1.29 is 31.1 Å². The number of rotatable bonds is 5. The van der Waals surface area contributed by atoms with E-state index in [1.165, 1.54) is 6.07 Å². The van der Waals surface area contributed by atoms with Gasteiger partial charge in [-0.2, -0.15) is 26.3 Å². The predicted molar refractivity (Wildman–Crippen MR) is 102 cm³/mol. The van der Waals surface area contributed by atoms with Gasteiger partial charge in [-0.3, -0.25) is 9.78 Å². The van der Waals surface area contributed by atoms with Crippen LogP contribution in [0.1, 0.15) is 53.7 Å². The molecule has 0 aliphatic heterocycles. The molecule has 1 aliphatic carbocycles. The molecular formula is C22H22F6N2O. The van der Waals surface area contributed by atoms with Crippen LogP contribution in [0.3, 0.4) is 0 Å². The van der Waals surface area contributed by atoms with E-state index in [1.54, 1.807) is 6.07 Å². The first kappa shape index (κ1) is 23.1. The lowest BCUT2D eigenvalue weighted by Crippen LogP contribution is -2.49. The minimum atomic E-state index is -4.59. The summed E-state index contributed by atoms with van der Waals surface area (Å²) >= 11 is 0. The maximum absolute atomic E-state index is 12.9. The summed E-state index contributed by atoms with van der Waals surface area (Å²) in [6.45, 7) is 3.93. The summed E-state index contributed by atoms with van der Waals surface area (Å²) in [7, 11) is 0. The van der Waals surface area contributed by atoms with Gasteiger partial charge in [-0.15, -0.1) is 0 Å². The molecule has 0 spiro atoms. The number of halogens is 6. The fraction of sp³-hybridized carbons (Fsp3) is 0.455. The van der Waals surface area contributed by atoms with Gasteiger partial charge in [0.1, 0.15) is 0 Å². The molecule has 2 aromatic rings. The summed E-state index contributed by atoms with van der Waals surface area (Å²) in [5.41, 5.74) is -1.56. The van der Waals surface area contributed by atoms with Crippen molar-refractivity contribution in [2.45, 2.75) is 51.5 Å². The fourth-order valence-electron chi connectivity index (χ4n) is 3.89. The number of hydrogen-bond acceptors (Lipinski definition) is 2. The average Bonchev–Trinajstić information content (AvgIpc) is 2.62. The maximum atomic E-state index is 12.9. The van der Waals surface area contributed by atoms with E-state index in [1.807, 2.05) is 13.8 Å². The number of carbonyl (C=O) groups is 1. The number of aromatic nitrogens is 1. The van der Waals surface area contributed by atoms with Gasteiger partial charge in [0.25, 0.3) is 5.91 Å². The van der Waals surface area contributed by atoms with Crippen LogP contribution in [0, 0.1) is 11.3 Å². The van der Waals surface area contributed by atoms with Gasteiger partial charge >= 0.3 is 12.4 Å². The zero-order valence-corrected chi connectivity index (χ0v) is 16.9. The van der Waals surface area contributed by atoms with Gasteiger partial charge in [0.05, 0.1) is 16.7 Å². The van der Waals surface area contributed by atoms with Crippen LogP contribution < -0.4 is 5.32 Å². The highest BCUT2D eigenvalue weighted by Gasteiger charge is 2.41. The van der Waals surface area contributed by atoms with Crippen molar-refractivity contribution in [1.29, 1.82) is 0 Å². The van der Waals surface area contributed by atoms with E-state index < -0.39 is 29.4 Å². The second-order valence-electron chi connectivity index (χ2n) is 8.66. The average molecular weight is 444 g/mol. The molecule has 9 heteroatoms. The highest BCUT2D eigenvalue weighted by molar-refractivity contribution is 5.94. The number of alkyl halides is 6. The van der Waals surface area contributed by atoms with Crippen LogP contribution in [0.25, 0.3) is 0 Å². The molecule has 1 aromatic carbocycles. The Labute approximate surface area is 175 Å². The predicted octanol–water partition coefficient (Wildman–Crippen LogP) is 5.90. The van der Waals surface area contributed by atoms with E-state index in [9.17, 15) is 31.1 Å². The molecule has 1 amide bonds. The lowest BCUT2D eigenvalue weighted by atomic mass is 9.62. The van der Waals surface area contributed by atoms with E-state index >= 15 is 0 Å². The van der Waals surface area contributed by atoms with E-state index in [-0.39, 0.29) is 22.9 Å². The summed E-state index contributed by atoms with van der Waals surface area (Å²) in [6.07, 6.45) is -5.60. The molecule has 1 fully saturated rings. The summed E-state index contributed by atoms with van der Waals surface area (Å²) in [4.78, 5) is 15.8. The molecule has 168 valence electrons. The molecule has 0 unspecified atom stereocenters. The minimum absolute atomic E-state index is 0.159. The number of benzene rings is 1. The summed E-state index contributed by atoms with van der Waals surface area (Å²) in [5.74, 6) is -0.468. The van der Waals surface area contributed by atoms with Crippen LogP contribution in [-0.2, 0) is 18.8 Å². The first-order valence-electron chi connectivity index (χ1n) is 9.75. The third-order valence-electron chi connectivity index (χ3n) is 5.82. The van der Waals surface area contributed by atoms with Gasteiger partial charge in [-0.25, -0.2) is 0 Å². The maximum Gasteiger partial charge on any atom is 0.417 e. The van der Waals surface area contributed by atoms with Gasteiger partial charge in [0, 0.05) is 18.4 Å². The Morgan fingerprint density at radius 2 is 1.65 bits per heavy atom. The van der Waals surface area contributed by atoms with Crippen LogP contribution in [0.5, 0.6) is 0 Å². The Bertz CT molecular complexity index is 946. The molecule has 1 heterocycles. The molecule has 1 aliphatic rings. The van der Waals surface area contributed by atoms with Gasteiger partial charge < -0.3 is 5.32 Å². The largest absolute Gasteiger partial charge is 0.417 e. The Morgan fingerprint density at radius 1 is 1.00 bits per heavy atom. The van der Waals surface area contributed by atoms with Crippen LogP contribution in [0.15, 0.2) is 42.7 Å². The quantitative estimate of drug-likeness (QED) is 0.584. The lowest BCUT2D eigenvalue weighted by Gasteiger charge is -2.46. The van der Waals surface area contributed by atoms with Crippen molar-refractivity contribution in [2.75, 3.05) is 0 Å². The summed E-state index contributed by atoms with van der Waals surface area (Å²) in [6, 6.07) is 5.80. The van der Waals surface area contributed by atoms with Crippen molar-refractivity contribution >= 4 is 5.91 Å². The third-order valence-corrected chi connectivity index (χ3v) is 5.82. The molecule has 3 rings (SSSR count). The van der Waals surface area contributed by atoms with Gasteiger partial charge in [0.15, 0.2) is 0 Å². The molecule has 0 atom stereocenters. The Balaban J connectivity index is 1.57. The monoisotopic (exact) mass is 444 g/mol. The van der Waals surface area contributed by atoms with Crippen molar-refractivity contribution in [3.05, 3.63) is 65.0 Å². The number of carbonyl (C=O) groups excluding carboxylic acids is 1. The molecule has 1 saturated carbocycles. The summed E-state index contributed by atoms with van der Waals surface area (Å²) < 4.78 is 77.2. The molecular weight excluding hydrogens is 422 g/mol. The first-order valence-corrected chi connectivity index (χ1v) is 9.75.